The first-order valence-electron chi connectivity index (χ1n) is 5.36. The summed E-state index contributed by atoms with van der Waals surface area (Å²) in [6, 6.07) is 6.27. The van der Waals surface area contributed by atoms with E-state index in [2.05, 4.69) is 51.4 Å². The van der Waals surface area contributed by atoms with Gasteiger partial charge < -0.3 is 9.73 Å². The molecule has 1 N–H and O–H groups in total. The first kappa shape index (κ1) is 12.7. The van der Waals surface area contributed by atoms with Gasteiger partial charge in [0.2, 0.25) is 0 Å². The number of nitrogens with zero attached hydrogens (tertiary/aromatic N) is 1. The van der Waals surface area contributed by atoms with Gasteiger partial charge in [-0.15, -0.1) is 0 Å². The number of hydrogen-bond donors (Lipinski definition) is 1. The van der Waals surface area contributed by atoms with Gasteiger partial charge in [0.05, 0.1) is 6.20 Å². The Bertz CT molecular complexity index is 473. The van der Waals surface area contributed by atoms with Crippen molar-refractivity contribution in [1.29, 1.82) is 0 Å². The lowest BCUT2D eigenvalue weighted by Crippen LogP contribution is -2.11. The summed E-state index contributed by atoms with van der Waals surface area (Å²) in [5, 5.41) is 3.97. The molecule has 0 spiro atoms. The van der Waals surface area contributed by atoms with Crippen LogP contribution in [0.15, 0.2) is 49.7 Å². The molecule has 0 amide bonds. The Hall–Kier alpha value is -0.780. The van der Waals surface area contributed by atoms with E-state index in [9.17, 15) is 0 Å². The molecule has 2 aromatic rings. The zero-order valence-electron chi connectivity index (χ0n) is 9.44. The van der Waals surface area contributed by atoms with E-state index in [-0.39, 0.29) is 0 Å². The quantitative estimate of drug-likeness (QED) is 0.913. The molecule has 2 rings (SSSR count). The third-order valence-corrected chi connectivity index (χ3v) is 3.81. The number of benzene rings is 1. The Morgan fingerprint density at radius 1 is 1.47 bits per heavy atom. The Morgan fingerprint density at radius 3 is 3.00 bits per heavy atom. The fourth-order valence-corrected chi connectivity index (χ4v) is 2.76. The van der Waals surface area contributed by atoms with E-state index < -0.39 is 0 Å². The van der Waals surface area contributed by atoms with E-state index in [1.807, 2.05) is 0 Å². The highest BCUT2D eigenvalue weighted by Gasteiger charge is 2.05. The molecular weight excluding hydrogens is 300 g/mol. The van der Waals surface area contributed by atoms with Crippen LogP contribution in [0.3, 0.4) is 0 Å². The average molecular weight is 313 g/mol. The summed E-state index contributed by atoms with van der Waals surface area (Å²) in [6.45, 7) is 3.95. The number of rotatable bonds is 5. The predicted molar refractivity (Wildman–Crippen MR) is 72.1 cm³/mol. The minimum absolute atomic E-state index is 0.663. The van der Waals surface area contributed by atoms with Crippen LogP contribution >= 0.6 is 27.7 Å². The van der Waals surface area contributed by atoms with Gasteiger partial charge in [0.1, 0.15) is 6.26 Å². The molecule has 0 unspecified atom stereocenters. The van der Waals surface area contributed by atoms with Crippen LogP contribution in [0.1, 0.15) is 12.5 Å². The summed E-state index contributed by atoms with van der Waals surface area (Å²) >= 11 is 5.09. The van der Waals surface area contributed by atoms with Crippen molar-refractivity contribution in [2.24, 2.45) is 0 Å². The van der Waals surface area contributed by atoms with Crippen LogP contribution in [-0.4, -0.2) is 11.5 Å². The summed E-state index contributed by atoms with van der Waals surface area (Å²) in [4.78, 5) is 5.19. The highest BCUT2D eigenvalue weighted by Crippen LogP contribution is 2.29. The van der Waals surface area contributed by atoms with Crippen LogP contribution < -0.4 is 5.32 Å². The van der Waals surface area contributed by atoms with E-state index in [0.29, 0.717) is 5.22 Å². The molecule has 5 heteroatoms. The van der Waals surface area contributed by atoms with Crippen molar-refractivity contribution in [2.75, 3.05) is 6.54 Å². The van der Waals surface area contributed by atoms with Gasteiger partial charge >= 0.3 is 0 Å². The van der Waals surface area contributed by atoms with Crippen molar-refractivity contribution in [1.82, 2.24) is 10.3 Å². The largest absolute Gasteiger partial charge is 0.440 e. The fraction of sp³-hybridized carbons (Fsp3) is 0.250. The molecule has 0 aliphatic rings. The molecule has 0 atom stereocenters. The monoisotopic (exact) mass is 312 g/mol. The topological polar surface area (TPSA) is 38.1 Å². The van der Waals surface area contributed by atoms with Crippen molar-refractivity contribution in [3.8, 4) is 0 Å². The van der Waals surface area contributed by atoms with E-state index in [0.717, 1.165) is 22.5 Å². The second kappa shape index (κ2) is 6.23. The summed E-state index contributed by atoms with van der Waals surface area (Å²) in [5.41, 5.74) is 1.25. The predicted octanol–water partition coefficient (Wildman–Crippen LogP) is 3.70. The van der Waals surface area contributed by atoms with E-state index in [1.165, 1.54) is 17.3 Å². The molecule has 0 saturated heterocycles. The van der Waals surface area contributed by atoms with Gasteiger partial charge in [-0.05, 0) is 36.0 Å². The Balaban J connectivity index is 2.08. The van der Waals surface area contributed by atoms with E-state index >= 15 is 0 Å². The number of nitrogens with one attached hydrogen (secondary N) is 1. The maximum atomic E-state index is 5.20. The lowest BCUT2D eigenvalue weighted by Gasteiger charge is -2.06. The Morgan fingerprint density at radius 2 is 2.35 bits per heavy atom. The molecule has 0 radical (unpaired) electrons. The molecule has 3 nitrogen and oxygen atoms in total. The minimum atomic E-state index is 0.663. The molecule has 0 saturated carbocycles. The minimum Gasteiger partial charge on any atom is -0.440 e. The summed E-state index contributed by atoms with van der Waals surface area (Å²) in [7, 11) is 0. The van der Waals surface area contributed by atoms with Crippen LogP contribution in [0.25, 0.3) is 0 Å². The second-order valence-corrected chi connectivity index (χ2v) is 5.31. The molecule has 17 heavy (non-hydrogen) atoms. The smallest absolute Gasteiger partial charge is 0.260 e. The fourth-order valence-electron chi connectivity index (χ4n) is 1.36. The van der Waals surface area contributed by atoms with Crippen molar-refractivity contribution in [2.45, 2.75) is 23.6 Å². The van der Waals surface area contributed by atoms with Crippen molar-refractivity contribution in [3.63, 3.8) is 0 Å². The van der Waals surface area contributed by atoms with Crippen LogP contribution in [0, 0.1) is 0 Å². The molecule has 1 aromatic heterocycles. The third-order valence-electron chi connectivity index (χ3n) is 2.20. The zero-order valence-corrected chi connectivity index (χ0v) is 11.8. The van der Waals surface area contributed by atoms with Gasteiger partial charge in [0.15, 0.2) is 0 Å². The summed E-state index contributed by atoms with van der Waals surface area (Å²) in [5.74, 6) is 0. The first-order valence-corrected chi connectivity index (χ1v) is 6.97. The maximum absolute atomic E-state index is 5.20. The van der Waals surface area contributed by atoms with Crippen LogP contribution in [0.2, 0.25) is 0 Å². The lowest BCUT2D eigenvalue weighted by molar-refractivity contribution is 0.454. The van der Waals surface area contributed by atoms with Crippen molar-refractivity contribution < 1.29 is 4.42 Å². The second-order valence-electron chi connectivity index (χ2n) is 3.43. The molecule has 0 aliphatic carbocycles. The molecule has 90 valence electrons. The van der Waals surface area contributed by atoms with E-state index in [1.54, 1.807) is 12.5 Å². The summed E-state index contributed by atoms with van der Waals surface area (Å²) < 4.78 is 6.30. The SMILES string of the molecule is CCNCc1ccc(Sc2ncco2)cc1Br. The molecule has 0 fully saturated rings. The van der Waals surface area contributed by atoms with Gasteiger partial charge in [-0.1, -0.05) is 28.9 Å². The van der Waals surface area contributed by atoms with Gasteiger partial charge in [0, 0.05) is 15.9 Å². The standard InChI is InChI=1S/C12H13BrN2OS/c1-2-14-8-9-3-4-10(7-11(9)13)17-12-15-5-6-16-12/h3-7,14H,2,8H2,1H3. The number of aromatic nitrogens is 1. The normalized spacial score (nSPS) is 10.7. The first-order chi connectivity index (χ1) is 8.29. The summed E-state index contributed by atoms with van der Waals surface area (Å²) in [6.07, 6.45) is 3.23. The van der Waals surface area contributed by atoms with Crippen LogP contribution in [-0.2, 0) is 6.54 Å². The van der Waals surface area contributed by atoms with Gasteiger partial charge in [0.25, 0.3) is 5.22 Å². The van der Waals surface area contributed by atoms with E-state index in [4.69, 9.17) is 4.42 Å². The third kappa shape index (κ3) is 3.59. The average Bonchev–Trinajstić information content (AvgIpc) is 2.81. The van der Waals surface area contributed by atoms with Crippen LogP contribution in [0.5, 0.6) is 0 Å². The van der Waals surface area contributed by atoms with Crippen LogP contribution in [0.4, 0.5) is 0 Å². The highest BCUT2D eigenvalue weighted by molar-refractivity contribution is 9.10. The molecule has 0 bridgehead atoms. The Labute approximate surface area is 113 Å². The maximum Gasteiger partial charge on any atom is 0.260 e. The highest BCUT2D eigenvalue weighted by atomic mass is 79.9. The molecule has 1 heterocycles. The number of hydrogen-bond acceptors (Lipinski definition) is 4. The van der Waals surface area contributed by atoms with Crippen molar-refractivity contribution in [3.05, 3.63) is 40.7 Å². The van der Waals surface area contributed by atoms with Gasteiger partial charge in [-0.25, -0.2) is 4.98 Å². The molecule has 1 aromatic carbocycles. The molecule has 0 aliphatic heterocycles. The van der Waals surface area contributed by atoms with Gasteiger partial charge in [-0.2, -0.15) is 0 Å². The zero-order chi connectivity index (χ0) is 12.1. The number of oxazole rings is 1. The lowest BCUT2D eigenvalue weighted by atomic mass is 10.2. The van der Waals surface area contributed by atoms with Gasteiger partial charge in [-0.3, -0.25) is 0 Å². The number of halogens is 1. The Kier molecular flexibility index (Phi) is 4.65. The van der Waals surface area contributed by atoms with Crippen molar-refractivity contribution >= 4 is 27.7 Å². The molecular formula is C12H13BrN2OS.